The van der Waals surface area contributed by atoms with Crippen molar-refractivity contribution in [2.45, 2.75) is 17.3 Å². The number of benzene rings is 2. The normalized spacial score (nSPS) is 14.4. The molecule has 3 aromatic rings. The lowest BCUT2D eigenvalue weighted by atomic mass is 10.2. The number of amides is 2. The molecule has 0 spiro atoms. The van der Waals surface area contributed by atoms with E-state index in [1.165, 1.54) is 16.7 Å². The zero-order chi connectivity index (χ0) is 19.7. The maximum Gasteiger partial charge on any atom is 0.244 e. The van der Waals surface area contributed by atoms with Gasteiger partial charge in [-0.1, -0.05) is 52.0 Å². The van der Waals surface area contributed by atoms with Gasteiger partial charge in [0, 0.05) is 4.47 Å². The second kappa shape index (κ2) is 7.81. The summed E-state index contributed by atoms with van der Waals surface area (Å²) >= 11 is 4.77. The van der Waals surface area contributed by atoms with E-state index in [2.05, 4.69) is 31.2 Å². The van der Waals surface area contributed by atoms with Crippen LogP contribution in [0.2, 0.25) is 0 Å². The van der Waals surface area contributed by atoms with Crippen LogP contribution in [0.15, 0.2) is 64.4 Å². The highest BCUT2D eigenvalue weighted by Crippen LogP contribution is 2.32. The molecule has 28 heavy (non-hydrogen) atoms. The highest BCUT2D eigenvalue weighted by Gasteiger charge is 2.30. The van der Waals surface area contributed by atoms with Gasteiger partial charge in [0.15, 0.2) is 5.16 Å². The van der Waals surface area contributed by atoms with E-state index < -0.39 is 5.25 Å². The second-order valence-corrected chi connectivity index (χ2v) is 8.60. The van der Waals surface area contributed by atoms with Gasteiger partial charge in [-0.3, -0.25) is 14.5 Å². The number of carbonyl (C=O) groups is 2. The number of rotatable bonds is 4. The number of fused-ring (bicyclic) bond motifs is 1. The molecule has 2 heterocycles. The van der Waals surface area contributed by atoms with Crippen molar-refractivity contribution in [3.05, 3.63) is 59.2 Å². The SMILES string of the molecule is CC(Sc1ncc(-c2ccc(Br)cc2)[nH]1)C(=O)N1CC(=O)Nc2ccccc21. The fourth-order valence-corrected chi connectivity index (χ4v) is 4.12. The first-order valence-corrected chi connectivity index (χ1v) is 10.4. The molecule has 2 amide bonds. The summed E-state index contributed by atoms with van der Waals surface area (Å²) in [6.07, 6.45) is 1.76. The average Bonchev–Trinajstić information content (AvgIpc) is 3.15. The molecule has 2 N–H and O–H groups in total. The molecule has 0 radical (unpaired) electrons. The highest BCUT2D eigenvalue weighted by atomic mass is 79.9. The van der Waals surface area contributed by atoms with Gasteiger partial charge >= 0.3 is 0 Å². The minimum Gasteiger partial charge on any atom is -0.333 e. The second-order valence-electron chi connectivity index (χ2n) is 6.36. The van der Waals surface area contributed by atoms with Crippen LogP contribution < -0.4 is 10.2 Å². The Morgan fingerprint density at radius 1 is 1.21 bits per heavy atom. The van der Waals surface area contributed by atoms with Crippen molar-refractivity contribution in [1.29, 1.82) is 0 Å². The molecular formula is C20H17BrN4O2S. The quantitative estimate of drug-likeness (QED) is 0.573. The summed E-state index contributed by atoms with van der Waals surface area (Å²) in [5, 5.41) is 3.06. The summed E-state index contributed by atoms with van der Waals surface area (Å²) in [5.74, 6) is -0.325. The van der Waals surface area contributed by atoms with Gasteiger partial charge in [-0.15, -0.1) is 0 Å². The van der Waals surface area contributed by atoms with E-state index in [1.807, 2.05) is 49.4 Å². The number of anilines is 2. The molecule has 8 heteroatoms. The van der Waals surface area contributed by atoms with Crippen LogP contribution in [0.1, 0.15) is 6.92 Å². The Bertz CT molecular complexity index is 1030. The van der Waals surface area contributed by atoms with Crippen LogP contribution in [0, 0.1) is 0 Å². The molecule has 1 aromatic heterocycles. The largest absolute Gasteiger partial charge is 0.333 e. The Labute approximate surface area is 174 Å². The maximum absolute atomic E-state index is 13.0. The van der Waals surface area contributed by atoms with Crippen molar-refractivity contribution in [1.82, 2.24) is 9.97 Å². The third-order valence-electron chi connectivity index (χ3n) is 4.38. The lowest BCUT2D eigenvalue weighted by molar-refractivity contribution is -0.121. The Balaban J connectivity index is 1.50. The van der Waals surface area contributed by atoms with E-state index in [-0.39, 0.29) is 18.4 Å². The van der Waals surface area contributed by atoms with Crippen LogP contribution in [0.4, 0.5) is 11.4 Å². The molecule has 1 aliphatic heterocycles. The number of hydrogen-bond acceptors (Lipinski definition) is 4. The van der Waals surface area contributed by atoms with Crippen LogP contribution in [0.25, 0.3) is 11.3 Å². The van der Waals surface area contributed by atoms with Crippen molar-refractivity contribution in [2.75, 3.05) is 16.8 Å². The first-order valence-electron chi connectivity index (χ1n) is 8.69. The standard InChI is InChI=1S/C20H17BrN4O2S/c1-12(19(27)25-11-18(26)23-15-4-2-3-5-17(15)25)28-20-22-10-16(24-20)13-6-8-14(21)9-7-13/h2-10,12H,11H2,1H3,(H,22,24)(H,23,26). The molecule has 0 bridgehead atoms. The lowest BCUT2D eigenvalue weighted by Crippen LogP contribution is -2.45. The van der Waals surface area contributed by atoms with Crippen molar-refractivity contribution < 1.29 is 9.59 Å². The molecule has 0 fully saturated rings. The Morgan fingerprint density at radius 2 is 1.96 bits per heavy atom. The lowest BCUT2D eigenvalue weighted by Gasteiger charge is -2.30. The molecule has 0 saturated carbocycles. The van der Waals surface area contributed by atoms with Crippen molar-refractivity contribution in [3.8, 4) is 11.3 Å². The number of para-hydroxylation sites is 2. The Hall–Kier alpha value is -2.58. The molecule has 4 rings (SSSR count). The first kappa shape index (κ1) is 18.8. The number of halogens is 1. The summed E-state index contributed by atoms with van der Waals surface area (Å²) in [4.78, 5) is 34.1. The summed E-state index contributed by atoms with van der Waals surface area (Å²) in [6, 6.07) is 15.2. The minimum absolute atomic E-state index is 0.0169. The van der Waals surface area contributed by atoms with Crippen LogP contribution in [0.3, 0.4) is 0 Å². The zero-order valence-corrected chi connectivity index (χ0v) is 17.4. The fourth-order valence-electron chi connectivity index (χ4n) is 3.01. The first-order chi connectivity index (χ1) is 13.5. The van der Waals surface area contributed by atoms with Gasteiger partial charge in [0.2, 0.25) is 11.8 Å². The number of aromatic nitrogens is 2. The summed E-state index contributed by atoms with van der Waals surface area (Å²) in [7, 11) is 0. The van der Waals surface area contributed by atoms with E-state index in [4.69, 9.17) is 0 Å². The zero-order valence-electron chi connectivity index (χ0n) is 15.0. The van der Waals surface area contributed by atoms with Gasteiger partial charge in [0.05, 0.1) is 28.5 Å². The van der Waals surface area contributed by atoms with Crippen LogP contribution in [0.5, 0.6) is 0 Å². The van der Waals surface area contributed by atoms with Gasteiger partial charge < -0.3 is 10.3 Å². The summed E-state index contributed by atoms with van der Waals surface area (Å²) in [5.41, 5.74) is 3.27. The number of H-pyrrole nitrogens is 1. The van der Waals surface area contributed by atoms with Gasteiger partial charge in [0.25, 0.3) is 0 Å². The van der Waals surface area contributed by atoms with Crippen LogP contribution in [-0.4, -0.2) is 33.6 Å². The molecule has 2 aromatic carbocycles. The predicted octanol–water partition coefficient (Wildman–Crippen LogP) is 4.31. The Morgan fingerprint density at radius 3 is 2.75 bits per heavy atom. The third kappa shape index (κ3) is 3.83. The van der Waals surface area contributed by atoms with E-state index in [9.17, 15) is 9.59 Å². The third-order valence-corrected chi connectivity index (χ3v) is 5.90. The smallest absolute Gasteiger partial charge is 0.244 e. The molecule has 1 aliphatic rings. The predicted molar refractivity (Wildman–Crippen MR) is 114 cm³/mol. The van der Waals surface area contributed by atoms with Gasteiger partial charge in [-0.2, -0.15) is 0 Å². The van der Waals surface area contributed by atoms with Crippen LogP contribution >= 0.6 is 27.7 Å². The van der Waals surface area contributed by atoms with Crippen molar-refractivity contribution in [3.63, 3.8) is 0 Å². The summed E-state index contributed by atoms with van der Waals surface area (Å²) in [6.45, 7) is 1.84. The molecule has 0 aliphatic carbocycles. The van der Waals surface area contributed by atoms with E-state index in [1.54, 1.807) is 12.3 Å². The topological polar surface area (TPSA) is 78.1 Å². The molecule has 0 saturated heterocycles. The van der Waals surface area contributed by atoms with Gasteiger partial charge in [-0.25, -0.2) is 4.98 Å². The number of aromatic amines is 1. The molecule has 6 nitrogen and oxygen atoms in total. The minimum atomic E-state index is -0.400. The fraction of sp³-hybridized carbons (Fsp3) is 0.150. The highest BCUT2D eigenvalue weighted by molar-refractivity contribution is 9.10. The number of imidazole rings is 1. The Kier molecular flexibility index (Phi) is 5.23. The van der Waals surface area contributed by atoms with E-state index in [0.717, 1.165) is 21.4 Å². The van der Waals surface area contributed by atoms with Crippen molar-refractivity contribution in [2.24, 2.45) is 0 Å². The molecule has 1 atom stereocenters. The van der Waals surface area contributed by atoms with E-state index in [0.29, 0.717) is 10.8 Å². The van der Waals surface area contributed by atoms with Gasteiger partial charge in [-0.05, 0) is 36.8 Å². The van der Waals surface area contributed by atoms with Gasteiger partial charge in [0.1, 0.15) is 6.54 Å². The number of carbonyl (C=O) groups excluding carboxylic acids is 2. The number of nitrogens with zero attached hydrogens (tertiary/aromatic N) is 2. The molecule has 1 unspecified atom stereocenters. The number of thioether (sulfide) groups is 1. The molecular weight excluding hydrogens is 440 g/mol. The summed E-state index contributed by atoms with van der Waals surface area (Å²) < 4.78 is 1.01. The monoisotopic (exact) mass is 456 g/mol. The molecule has 142 valence electrons. The maximum atomic E-state index is 13.0. The number of nitrogens with one attached hydrogen (secondary N) is 2. The average molecular weight is 457 g/mol. The van der Waals surface area contributed by atoms with Crippen LogP contribution in [-0.2, 0) is 9.59 Å². The van der Waals surface area contributed by atoms with E-state index >= 15 is 0 Å². The number of hydrogen-bond donors (Lipinski definition) is 2. The van der Waals surface area contributed by atoms with Crippen molar-refractivity contribution >= 4 is 50.9 Å².